The molecule has 0 aromatic rings. The molecule has 0 fully saturated rings. The van der Waals surface area contributed by atoms with Gasteiger partial charge in [0.25, 0.3) is 0 Å². The third kappa shape index (κ3) is 1.32. The highest BCUT2D eigenvalue weighted by Crippen LogP contribution is 2.29. The summed E-state index contributed by atoms with van der Waals surface area (Å²) in [5.41, 5.74) is 6.23. The summed E-state index contributed by atoms with van der Waals surface area (Å²) in [6, 6.07) is 0. The van der Waals surface area contributed by atoms with Crippen LogP contribution in [-0.2, 0) is 0 Å². The summed E-state index contributed by atoms with van der Waals surface area (Å²) in [4.78, 5) is 0. The van der Waals surface area contributed by atoms with Crippen LogP contribution >= 0.6 is 0 Å². The molecule has 0 saturated heterocycles. The van der Waals surface area contributed by atoms with Gasteiger partial charge in [0, 0.05) is 0 Å². The van der Waals surface area contributed by atoms with Gasteiger partial charge in [-0.1, -0.05) is 19.9 Å². The number of hydrogen-bond donors (Lipinski definition) is 2. The molecule has 1 aliphatic carbocycles. The van der Waals surface area contributed by atoms with Gasteiger partial charge in [-0.3, -0.25) is 0 Å². The van der Waals surface area contributed by atoms with Crippen molar-refractivity contribution in [3.63, 3.8) is 0 Å². The van der Waals surface area contributed by atoms with Crippen LogP contribution in [0.1, 0.15) is 20.3 Å². The summed E-state index contributed by atoms with van der Waals surface area (Å²) in [6.45, 7) is 4.17. The number of aliphatic hydroxyl groups is 1. The summed E-state index contributed by atoms with van der Waals surface area (Å²) in [5, 5.41) is 9.08. The third-order valence-electron chi connectivity index (χ3n) is 1.67. The lowest BCUT2D eigenvalue weighted by molar-refractivity contribution is 0.384. The first-order chi connectivity index (χ1) is 4.51. The minimum Gasteiger partial charge on any atom is -0.506 e. The van der Waals surface area contributed by atoms with Gasteiger partial charge in [0.15, 0.2) is 0 Å². The molecule has 0 spiro atoms. The van der Waals surface area contributed by atoms with Gasteiger partial charge < -0.3 is 10.8 Å². The van der Waals surface area contributed by atoms with Gasteiger partial charge in [-0.05, 0) is 17.9 Å². The molecule has 0 saturated carbocycles. The largest absolute Gasteiger partial charge is 0.506 e. The fraction of sp³-hybridized carbons (Fsp3) is 0.500. The molecule has 0 aliphatic heterocycles. The van der Waals surface area contributed by atoms with E-state index in [0.717, 1.165) is 6.42 Å². The molecule has 0 amide bonds. The van der Waals surface area contributed by atoms with Gasteiger partial charge in [-0.2, -0.15) is 0 Å². The highest BCUT2D eigenvalue weighted by atomic mass is 16.3. The van der Waals surface area contributed by atoms with E-state index in [-0.39, 0.29) is 11.2 Å². The molecular weight excluding hydrogens is 126 g/mol. The topological polar surface area (TPSA) is 46.2 Å². The standard InChI is InChI=1S/C8H13NO/c1-8(2)4-3-7(10)6(9)5-8/h3-4,10H,5,9H2,1-2H3. The van der Waals surface area contributed by atoms with Gasteiger partial charge in [-0.25, -0.2) is 0 Å². The molecule has 1 aliphatic rings. The lowest BCUT2D eigenvalue weighted by atomic mass is 9.84. The molecule has 2 nitrogen and oxygen atoms in total. The van der Waals surface area contributed by atoms with Crippen LogP contribution in [0.5, 0.6) is 0 Å². The van der Waals surface area contributed by atoms with Crippen molar-refractivity contribution in [2.24, 2.45) is 11.1 Å². The van der Waals surface area contributed by atoms with Crippen LogP contribution in [0.2, 0.25) is 0 Å². The maximum Gasteiger partial charge on any atom is 0.133 e. The second-order valence-electron chi connectivity index (χ2n) is 3.41. The van der Waals surface area contributed by atoms with Crippen molar-refractivity contribution in [3.05, 3.63) is 23.6 Å². The predicted molar refractivity (Wildman–Crippen MR) is 41.4 cm³/mol. The minimum atomic E-state index is 0.107. The Morgan fingerprint density at radius 1 is 1.60 bits per heavy atom. The van der Waals surface area contributed by atoms with Crippen molar-refractivity contribution < 1.29 is 5.11 Å². The van der Waals surface area contributed by atoms with Crippen molar-refractivity contribution in [3.8, 4) is 0 Å². The van der Waals surface area contributed by atoms with Gasteiger partial charge in [-0.15, -0.1) is 0 Å². The van der Waals surface area contributed by atoms with E-state index < -0.39 is 0 Å². The predicted octanol–water partition coefficient (Wildman–Crippen LogP) is 1.70. The van der Waals surface area contributed by atoms with Gasteiger partial charge >= 0.3 is 0 Å². The Morgan fingerprint density at radius 3 is 2.60 bits per heavy atom. The number of allylic oxidation sites excluding steroid dienone is 3. The first-order valence-electron chi connectivity index (χ1n) is 3.38. The van der Waals surface area contributed by atoms with Crippen LogP contribution in [0.15, 0.2) is 23.6 Å². The van der Waals surface area contributed by atoms with Crippen molar-refractivity contribution in [1.82, 2.24) is 0 Å². The molecule has 2 heteroatoms. The van der Waals surface area contributed by atoms with Crippen LogP contribution in [-0.4, -0.2) is 5.11 Å². The quantitative estimate of drug-likeness (QED) is 0.536. The maximum atomic E-state index is 9.08. The highest BCUT2D eigenvalue weighted by molar-refractivity contribution is 5.25. The number of nitrogens with two attached hydrogens (primary N) is 1. The van der Waals surface area contributed by atoms with Crippen molar-refractivity contribution in [1.29, 1.82) is 0 Å². The van der Waals surface area contributed by atoms with E-state index >= 15 is 0 Å². The molecule has 56 valence electrons. The van der Waals surface area contributed by atoms with E-state index in [4.69, 9.17) is 10.8 Å². The first-order valence-corrected chi connectivity index (χ1v) is 3.38. The fourth-order valence-electron chi connectivity index (χ4n) is 1.05. The number of hydrogen-bond acceptors (Lipinski definition) is 2. The van der Waals surface area contributed by atoms with E-state index in [1.165, 1.54) is 0 Å². The van der Waals surface area contributed by atoms with Crippen molar-refractivity contribution >= 4 is 0 Å². The third-order valence-corrected chi connectivity index (χ3v) is 1.67. The molecule has 3 N–H and O–H groups in total. The normalized spacial score (nSPS) is 23.4. The van der Waals surface area contributed by atoms with Crippen LogP contribution in [0.3, 0.4) is 0 Å². The van der Waals surface area contributed by atoms with Crippen LogP contribution in [0.25, 0.3) is 0 Å². The Balaban J connectivity index is 2.85. The monoisotopic (exact) mass is 139 g/mol. The molecule has 1 rings (SSSR count). The van der Waals surface area contributed by atoms with Gasteiger partial charge in [0.2, 0.25) is 0 Å². The van der Waals surface area contributed by atoms with Crippen molar-refractivity contribution in [2.45, 2.75) is 20.3 Å². The zero-order valence-corrected chi connectivity index (χ0v) is 6.39. The Morgan fingerprint density at radius 2 is 2.20 bits per heavy atom. The molecule has 0 aromatic heterocycles. The Hall–Kier alpha value is -0.920. The Bertz CT molecular complexity index is 201. The van der Waals surface area contributed by atoms with E-state index in [1.807, 2.05) is 6.08 Å². The average Bonchev–Trinajstić information content (AvgIpc) is 1.79. The second kappa shape index (κ2) is 2.04. The fourth-order valence-corrected chi connectivity index (χ4v) is 1.05. The zero-order valence-electron chi connectivity index (χ0n) is 6.39. The zero-order chi connectivity index (χ0) is 7.78. The van der Waals surface area contributed by atoms with E-state index in [9.17, 15) is 0 Å². The minimum absolute atomic E-state index is 0.107. The summed E-state index contributed by atoms with van der Waals surface area (Å²) in [7, 11) is 0. The first kappa shape index (κ1) is 7.19. The molecule has 10 heavy (non-hydrogen) atoms. The smallest absolute Gasteiger partial charge is 0.133 e. The lowest BCUT2D eigenvalue weighted by Crippen LogP contribution is -2.17. The molecule has 0 radical (unpaired) electrons. The average molecular weight is 139 g/mol. The maximum absolute atomic E-state index is 9.08. The molecule has 0 bridgehead atoms. The highest BCUT2D eigenvalue weighted by Gasteiger charge is 2.20. The van der Waals surface area contributed by atoms with Crippen LogP contribution in [0, 0.1) is 5.41 Å². The lowest BCUT2D eigenvalue weighted by Gasteiger charge is -2.23. The number of aliphatic hydroxyl groups excluding tert-OH is 1. The molecule has 0 aromatic carbocycles. The van der Waals surface area contributed by atoms with Gasteiger partial charge in [0.1, 0.15) is 5.76 Å². The summed E-state index contributed by atoms with van der Waals surface area (Å²) in [5.74, 6) is 0.222. The van der Waals surface area contributed by atoms with Crippen LogP contribution in [0.4, 0.5) is 0 Å². The Labute approximate surface area is 61.0 Å². The molecule has 0 unspecified atom stereocenters. The van der Waals surface area contributed by atoms with E-state index in [1.54, 1.807) is 6.08 Å². The molecule has 0 heterocycles. The second-order valence-corrected chi connectivity index (χ2v) is 3.41. The summed E-state index contributed by atoms with van der Waals surface area (Å²) in [6.07, 6.45) is 4.38. The Kier molecular flexibility index (Phi) is 1.47. The molecular formula is C8H13NO. The van der Waals surface area contributed by atoms with Crippen LogP contribution < -0.4 is 5.73 Å². The van der Waals surface area contributed by atoms with E-state index in [2.05, 4.69) is 13.8 Å². The van der Waals surface area contributed by atoms with Crippen molar-refractivity contribution in [2.75, 3.05) is 0 Å². The number of rotatable bonds is 0. The van der Waals surface area contributed by atoms with Gasteiger partial charge in [0.05, 0.1) is 5.70 Å². The molecule has 0 atom stereocenters. The summed E-state index contributed by atoms with van der Waals surface area (Å²) >= 11 is 0. The summed E-state index contributed by atoms with van der Waals surface area (Å²) < 4.78 is 0. The van der Waals surface area contributed by atoms with E-state index in [0.29, 0.717) is 5.70 Å². The SMILES string of the molecule is CC1(C)C=CC(O)=C(N)C1.